The van der Waals surface area contributed by atoms with Gasteiger partial charge in [-0.3, -0.25) is 4.79 Å². The lowest BCUT2D eigenvalue weighted by Crippen LogP contribution is -2.18. The number of hydrogen-bond acceptors (Lipinski definition) is 4. The second kappa shape index (κ2) is 7.04. The van der Waals surface area contributed by atoms with E-state index >= 15 is 0 Å². The molecular formula is C16H24N2O2S2. The molecule has 0 atom stereocenters. The molecule has 1 aliphatic rings. The fourth-order valence-corrected chi connectivity index (χ4v) is 4.96. The van der Waals surface area contributed by atoms with Gasteiger partial charge < -0.3 is 5.32 Å². The highest BCUT2D eigenvalue weighted by Gasteiger charge is 2.16. The first-order valence-corrected chi connectivity index (χ1v) is 10.4. The smallest absolute Gasteiger partial charge is 0.234 e. The van der Waals surface area contributed by atoms with Crippen LogP contribution >= 0.6 is 11.8 Å². The van der Waals surface area contributed by atoms with Crippen molar-refractivity contribution in [3.63, 3.8) is 0 Å². The monoisotopic (exact) mass is 340 g/mol. The Morgan fingerprint density at radius 3 is 2.36 bits per heavy atom. The Labute approximate surface area is 137 Å². The van der Waals surface area contributed by atoms with Crippen LogP contribution in [-0.4, -0.2) is 32.1 Å². The van der Waals surface area contributed by atoms with Crippen LogP contribution in [0.5, 0.6) is 0 Å². The van der Waals surface area contributed by atoms with E-state index in [0.717, 1.165) is 24.2 Å². The van der Waals surface area contributed by atoms with Gasteiger partial charge in [0.2, 0.25) is 5.91 Å². The summed E-state index contributed by atoms with van der Waals surface area (Å²) in [5.41, 5.74) is 1.48. The Morgan fingerprint density at radius 2 is 1.82 bits per heavy atom. The topological polar surface area (TPSA) is 58.5 Å². The van der Waals surface area contributed by atoms with Gasteiger partial charge in [0.25, 0.3) is 0 Å². The average molecular weight is 341 g/mol. The third-order valence-corrected chi connectivity index (χ3v) is 6.90. The van der Waals surface area contributed by atoms with Crippen molar-refractivity contribution >= 4 is 38.8 Å². The highest BCUT2D eigenvalue weighted by molar-refractivity contribution is 8.01. The lowest BCUT2D eigenvalue weighted by molar-refractivity contribution is -0.113. The average Bonchev–Trinajstić information content (AvgIpc) is 2.85. The zero-order valence-electron chi connectivity index (χ0n) is 13.4. The molecule has 1 aromatic rings. The summed E-state index contributed by atoms with van der Waals surface area (Å²) in [7, 11) is -2.03. The summed E-state index contributed by atoms with van der Waals surface area (Å²) in [5.74, 6) is 1.83. The third-order valence-electron chi connectivity index (χ3n) is 3.24. The van der Waals surface area contributed by atoms with E-state index in [1.807, 2.05) is 24.3 Å². The van der Waals surface area contributed by atoms with Crippen molar-refractivity contribution in [2.24, 2.45) is 4.36 Å². The number of benzene rings is 1. The van der Waals surface area contributed by atoms with Gasteiger partial charge in [-0.25, -0.2) is 4.21 Å². The van der Waals surface area contributed by atoms with Crippen LogP contribution in [0.4, 0.5) is 11.4 Å². The number of amides is 1. The molecule has 1 aliphatic heterocycles. The zero-order chi connectivity index (χ0) is 16.2. The summed E-state index contributed by atoms with van der Waals surface area (Å²) in [6.45, 7) is 6.27. The number of carbonyl (C=O) groups excluding carboxylic acids is 1. The maximum Gasteiger partial charge on any atom is 0.234 e. The van der Waals surface area contributed by atoms with E-state index in [1.54, 1.807) is 11.8 Å². The fourth-order valence-electron chi connectivity index (χ4n) is 2.13. The molecule has 4 nitrogen and oxygen atoms in total. The maximum absolute atomic E-state index is 12.4. The molecule has 1 saturated heterocycles. The van der Waals surface area contributed by atoms with Crippen LogP contribution in [0.2, 0.25) is 0 Å². The van der Waals surface area contributed by atoms with Crippen LogP contribution in [0.15, 0.2) is 28.6 Å². The second-order valence-electron chi connectivity index (χ2n) is 6.48. The molecule has 0 aromatic heterocycles. The number of rotatable bonds is 4. The van der Waals surface area contributed by atoms with Crippen molar-refractivity contribution in [2.45, 2.75) is 38.4 Å². The molecule has 6 heteroatoms. The van der Waals surface area contributed by atoms with Crippen LogP contribution in [-0.2, 0) is 14.5 Å². The molecule has 1 amide bonds. The second-order valence-corrected chi connectivity index (χ2v) is 10.8. The predicted octanol–water partition coefficient (Wildman–Crippen LogP) is 4.05. The quantitative estimate of drug-likeness (QED) is 0.899. The van der Waals surface area contributed by atoms with Gasteiger partial charge in [-0.1, -0.05) is 20.8 Å². The van der Waals surface area contributed by atoms with E-state index < -0.39 is 9.73 Å². The molecule has 1 heterocycles. The van der Waals surface area contributed by atoms with Gasteiger partial charge in [-0.2, -0.15) is 4.36 Å². The SMILES string of the molecule is CC(C)(C)SCC(=O)Nc1ccc(N=S2(=O)CCCC2)cc1. The summed E-state index contributed by atoms with van der Waals surface area (Å²) in [4.78, 5) is 11.9. The Kier molecular flexibility index (Phi) is 5.55. The van der Waals surface area contributed by atoms with E-state index in [9.17, 15) is 9.00 Å². The van der Waals surface area contributed by atoms with Gasteiger partial charge >= 0.3 is 0 Å². The molecule has 1 aromatic carbocycles. The zero-order valence-corrected chi connectivity index (χ0v) is 15.1. The van der Waals surface area contributed by atoms with Crippen molar-refractivity contribution in [2.75, 3.05) is 22.6 Å². The van der Waals surface area contributed by atoms with Gasteiger partial charge in [0.05, 0.1) is 21.2 Å². The summed E-state index contributed by atoms with van der Waals surface area (Å²) in [6, 6.07) is 7.27. The first kappa shape index (κ1) is 17.3. The number of nitrogens with one attached hydrogen (secondary N) is 1. The minimum absolute atomic E-state index is 0.00803. The molecule has 0 radical (unpaired) electrons. The van der Waals surface area contributed by atoms with Crippen LogP contribution in [0.1, 0.15) is 33.6 Å². The van der Waals surface area contributed by atoms with Crippen molar-refractivity contribution < 1.29 is 9.00 Å². The van der Waals surface area contributed by atoms with E-state index in [-0.39, 0.29) is 10.7 Å². The van der Waals surface area contributed by atoms with Crippen molar-refractivity contribution in [3.8, 4) is 0 Å². The Bertz CT molecular complexity index is 627. The maximum atomic E-state index is 12.4. The highest BCUT2D eigenvalue weighted by atomic mass is 32.2. The molecule has 0 aliphatic carbocycles. The lowest BCUT2D eigenvalue weighted by Gasteiger charge is -2.17. The molecule has 0 spiro atoms. The largest absolute Gasteiger partial charge is 0.325 e. The molecule has 122 valence electrons. The number of hydrogen-bond donors (Lipinski definition) is 1. The van der Waals surface area contributed by atoms with Crippen LogP contribution < -0.4 is 5.32 Å². The Balaban J connectivity index is 1.95. The molecular weight excluding hydrogens is 316 g/mol. The minimum Gasteiger partial charge on any atom is -0.325 e. The lowest BCUT2D eigenvalue weighted by atomic mass is 10.3. The summed E-state index contributed by atoms with van der Waals surface area (Å²) in [6.07, 6.45) is 2.00. The molecule has 2 rings (SSSR count). The van der Waals surface area contributed by atoms with Crippen LogP contribution in [0.3, 0.4) is 0 Å². The molecule has 0 bridgehead atoms. The minimum atomic E-state index is -2.03. The number of carbonyl (C=O) groups is 1. The number of thioether (sulfide) groups is 1. The number of anilines is 1. The summed E-state index contributed by atoms with van der Waals surface area (Å²) in [5, 5.41) is 2.87. The summed E-state index contributed by atoms with van der Waals surface area (Å²) < 4.78 is 16.8. The van der Waals surface area contributed by atoms with Gasteiger partial charge in [0.15, 0.2) is 0 Å². The number of nitrogens with zero attached hydrogens (tertiary/aromatic N) is 1. The fraction of sp³-hybridized carbons (Fsp3) is 0.562. The first-order valence-electron chi connectivity index (χ1n) is 7.52. The van der Waals surface area contributed by atoms with E-state index in [2.05, 4.69) is 30.5 Å². The third kappa shape index (κ3) is 5.65. The van der Waals surface area contributed by atoms with Crippen molar-refractivity contribution in [1.82, 2.24) is 0 Å². The van der Waals surface area contributed by atoms with Crippen molar-refractivity contribution in [1.29, 1.82) is 0 Å². The van der Waals surface area contributed by atoms with E-state index in [1.165, 1.54) is 0 Å². The molecule has 0 saturated carbocycles. The molecule has 22 heavy (non-hydrogen) atoms. The predicted molar refractivity (Wildman–Crippen MR) is 96.5 cm³/mol. The van der Waals surface area contributed by atoms with Crippen molar-refractivity contribution in [3.05, 3.63) is 24.3 Å². The van der Waals surface area contributed by atoms with E-state index in [0.29, 0.717) is 17.3 Å². The molecule has 1 N–H and O–H groups in total. The Hall–Kier alpha value is -1.01. The first-order chi connectivity index (χ1) is 10.3. The molecule has 1 fully saturated rings. The standard InChI is InChI=1S/C16H24N2O2S2/c1-16(2,3)21-12-15(19)17-13-6-8-14(9-7-13)18-22(20)10-4-5-11-22/h6-9H,4-5,10-12H2,1-3H3,(H,17,19). The van der Waals surface area contributed by atoms with Gasteiger partial charge in [-0.15, -0.1) is 11.8 Å². The summed E-state index contributed by atoms with van der Waals surface area (Å²) >= 11 is 1.62. The highest BCUT2D eigenvalue weighted by Crippen LogP contribution is 2.24. The van der Waals surface area contributed by atoms with E-state index in [4.69, 9.17) is 0 Å². The van der Waals surface area contributed by atoms with Gasteiger partial charge in [0.1, 0.15) is 0 Å². The molecule has 0 unspecified atom stereocenters. The van der Waals surface area contributed by atoms with Gasteiger partial charge in [0, 0.05) is 21.9 Å². The van der Waals surface area contributed by atoms with Gasteiger partial charge in [-0.05, 0) is 37.1 Å². The van der Waals surface area contributed by atoms with Crippen LogP contribution in [0.25, 0.3) is 0 Å². The van der Waals surface area contributed by atoms with Crippen LogP contribution in [0, 0.1) is 0 Å². The Morgan fingerprint density at radius 1 is 1.23 bits per heavy atom. The normalized spacial score (nSPS) is 17.2.